The molecule has 21 heavy (non-hydrogen) atoms. The van der Waals surface area contributed by atoms with E-state index >= 15 is 0 Å². The monoisotopic (exact) mass is 341 g/mol. The Balaban J connectivity index is 0.00000400. The molecule has 0 unspecified atom stereocenters. The molecule has 0 aromatic rings. The molecule has 1 aliphatic rings. The first-order valence-electron chi connectivity index (χ1n) is 7.80. The van der Waals surface area contributed by atoms with E-state index < -0.39 is 10.2 Å². The molecule has 0 aliphatic carbocycles. The highest BCUT2D eigenvalue weighted by atomic mass is 35.5. The molecule has 128 valence electrons. The van der Waals surface area contributed by atoms with E-state index in [1.807, 2.05) is 0 Å². The number of nitrogens with zero attached hydrogens (tertiary/aromatic N) is 2. The minimum atomic E-state index is -3.29. The van der Waals surface area contributed by atoms with Crippen LogP contribution in [0.5, 0.6) is 0 Å². The van der Waals surface area contributed by atoms with Gasteiger partial charge in [0.1, 0.15) is 0 Å². The minimum absolute atomic E-state index is 0. The third kappa shape index (κ3) is 7.28. The standard InChI is InChI=1S/C14H31N3O2S.ClH/c1-13(2)5-9-16(10-6-14(3)4)20(18,19)17-11-7-15-8-12-17;/h13-15H,5-12H2,1-4H3;1H. The third-order valence-electron chi connectivity index (χ3n) is 3.64. The molecule has 1 heterocycles. The molecule has 7 heteroatoms. The topological polar surface area (TPSA) is 52.7 Å². The summed E-state index contributed by atoms with van der Waals surface area (Å²) >= 11 is 0. The zero-order valence-electron chi connectivity index (χ0n) is 13.8. The Morgan fingerprint density at radius 2 is 1.43 bits per heavy atom. The Morgan fingerprint density at radius 1 is 1.00 bits per heavy atom. The van der Waals surface area contributed by atoms with Crippen molar-refractivity contribution in [1.82, 2.24) is 13.9 Å². The number of piperazine rings is 1. The van der Waals surface area contributed by atoms with Gasteiger partial charge >= 0.3 is 0 Å². The maximum Gasteiger partial charge on any atom is 0.282 e. The van der Waals surface area contributed by atoms with E-state index in [1.54, 1.807) is 8.61 Å². The molecular weight excluding hydrogens is 310 g/mol. The lowest BCUT2D eigenvalue weighted by atomic mass is 10.1. The van der Waals surface area contributed by atoms with Gasteiger partial charge in [-0.2, -0.15) is 17.0 Å². The quantitative estimate of drug-likeness (QED) is 0.734. The zero-order chi connectivity index (χ0) is 15.2. The van der Waals surface area contributed by atoms with E-state index in [-0.39, 0.29) is 12.4 Å². The summed E-state index contributed by atoms with van der Waals surface area (Å²) in [6.07, 6.45) is 1.84. The van der Waals surface area contributed by atoms with Crippen molar-refractivity contribution < 1.29 is 8.42 Å². The van der Waals surface area contributed by atoms with Crippen LogP contribution in [0.2, 0.25) is 0 Å². The molecule has 0 radical (unpaired) electrons. The fourth-order valence-electron chi connectivity index (χ4n) is 2.19. The van der Waals surface area contributed by atoms with Gasteiger partial charge in [-0.25, -0.2) is 0 Å². The van der Waals surface area contributed by atoms with E-state index in [2.05, 4.69) is 33.0 Å². The Bertz CT molecular complexity index is 356. The lowest BCUT2D eigenvalue weighted by molar-refractivity contribution is 0.295. The van der Waals surface area contributed by atoms with Crippen LogP contribution in [-0.2, 0) is 10.2 Å². The normalized spacial score (nSPS) is 17.5. The summed E-state index contributed by atoms with van der Waals surface area (Å²) in [6.45, 7) is 12.5. The molecule has 0 aromatic carbocycles. The first-order chi connectivity index (χ1) is 9.34. The highest BCUT2D eigenvalue weighted by Crippen LogP contribution is 2.14. The van der Waals surface area contributed by atoms with Gasteiger partial charge in [0.15, 0.2) is 0 Å². The molecule has 0 spiro atoms. The number of hydrogen-bond acceptors (Lipinski definition) is 3. The summed E-state index contributed by atoms with van der Waals surface area (Å²) in [4.78, 5) is 0. The lowest BCUT2D eigenvalue weighted by Gasteiger charge is -2.33. The fraction of sp³-hybridized carbons (Fsp3) is 1.00. The van der Waals surface area contributed by atoms with Gasteiger partial charge in [-0.1, -0.05) is 27.7 Å². The summed E-state index contributed by atoms with van der Waals surface area (Å²) in [5, 5.41) is 3.20. The molecule has 0 bridgehead atoms. The minimum Gasteiger partial charge on any atom is -0.314 e. The molecule has 1 fully saturated rings. The van der Waals surface area contributed by atoms with Crippen molar-refractivity contribution in [2.75, 3.05) is 39.3 Å². The molecule has 5 nitrogen and oxygen atoms in total. The second-order valence-electron chi connectivity index (χ2n) is 6.42. The number of hydrogen-bond donors (Lipinski definition) is 1. The zero-order valence-corrected chi connectivity index (χ0v) is 15.5. The second kappa shape index (κ2) is 10.0. The number of rotatable bonds is 8. The Labute approximate surface area is 137 Å². The Hall–Kier alpha value is 0.120. The van der Waals surface area contributed by atoms with Crippen molar-refractivity contribution >= 4 is 22.6 Å². The number of halogens is 1. The van der Waals surface area contributed by atoms with E-state index in [0.717, 1.165) is 25.9 Å². The van der Waals surface area contributed by atoms with Crippen molar-refractivity contribution in [3.05, 3.63) is 0 Å². The van der Waals surface area contributed by atoms with Gasteiger partial charge in [-0.15, -0.1) is 12.4 Å². The van der Waals surface area contributed by atoms with Crippen molar-refractivity contribution in [2.45, 2.75) is 40.5 Å². The summed E-state index contributed by atoms with van der Waals surface area (Å²) in [7, 11) is -3.29. The lowest BCUT2D eigenvalue weighted by Crippen LogP contribution is -2.52. The van der Waals surface area contributed by atoms with Crippen LogP contribution in [0.4, 0.5) is 0 Å². The predicted octanol–water partition coefficient (Wildman–Crippen LogP) is 1.95. The van der Waals surface area contributed by atoms with Gasteiger partial charge in [-0.3, -0.25) is 0 Å². The van der Waals surface area contributed by atoms with Gasteiger partial charge in [0.25, 0.3) is 10.2 Å². The predicted molar refractivity (Wildman–Crippen MR) is 91.1 cm³/mol. The van der Waals surface area contributed by atoms with E-state index in [0.29, 0.717) is 38.0 Å². The maximum atomic E-state index is 12.7. The molecule has 0 saturated carbocycles. The average Bonchev–Trinajstić information content (AvgIpc) is 2.38. The Kier molecular flexibility index (Phi) is 10.1. The van der Waals surface area contributed by atoms with E-state index in [4.69, 9.17) is 0 Å². The van der Waals surface area contributed by atoms with Crippen LogP contribution >= 0.6 is 12.4 Å². The van der Waals surface area contributed by atoms with E-state index in [9.17, 15) is 8.42 Å². The van der Waals surface area contributed by atoms with Crippen LogP contribution in [-0.4, -0.2) is 56.3 Å². The molecule has 1 N–H and O–H groups in total. The summed E-state index contributed by atoms with van der Waals surface area (Å²) in [5.74, 6) is 1.05. The summed E-state index contributed by atoms with van der Waals surface area (Å²) < 4.78 is 28.8. The summed E-state index contributed by atoms with van der Waals surface area (Å²) in [5.41, 5.74) is 0. The molecule has 0 aromatic heterocycles. The van der Waals surface area contributed by atoms with Crippen molar-refractivity contribution in [1.29, 1.82) is 0 Å². The molecule has 0 amide bonds. The molecule has 1 rings (SSSR count). The van der Waals surface area contributed by atoms with Gasteiger partial charge in [0.05, 0.1) is 0 Å². The van der Waals surface area contributed by atoms with Crippen molar-refractivity contribution in [3.63, 3.8) is 0 Å². The molecule has 0 atom stereocenters. The van der Waals surface area contributed by atoms with Crippen LogP contribution < -0.4 is 5.32 Å². The average molecular weight is 342 g/mol. The highest BCUT2D eigenvalue weighted by Gasteiger charge is 2.30. The van der Waals surface area contributed by atoms with Gasteiger partial charge < -0.3 is 5.32 Å². The molecule has 1 aliphatic heterocycles. The fourth-order valence-corrected chi connectivity index (χ4v) is 3.83. The largest absolute Gasteiger partial charge is 0.314 e. The van der Waals surface area contributed by atoms with Gasteiger partial charge in [0.2, 0.25) is 0 Å². The van der Waals surface area contributed by atoms with Crippen LogP contribution in [0, 0.1) is 11.8 Å². The highest BCUT2D eigenvalue weighted by molar-refractivity contribution is 7.86. The SMILES string of the molecule is CC(C)CCN(CCC(C)C)S(=O)(=O)N1CCNCC1.Cl. The van der Waals surface area contributed by atoms with Crippen LogP contribution in [0.1, 0.15) is 40.5 Å². The van der Waals surface area contributed by atoms with Crippen molar-refractivity contribution in [3.8, 4) is 0 Å². The molecule has 1 saturated heterocycles. The first-order valence-corrected chi connectivity index (χ1v) is 9.19. The van der Waals surface area contributed by atoms with Crippen LogP contribution in [0.3, 0.4) is 0 Å². The third-order valence-corrected chi connectivity index (χ3v) is 5.68. The second-order valence-corrected chi connectivity index (χ2v) is 8.35. The molecular formula is C14H32ClN3O2S. The van der Waals surface area contributed by atoms with Crippen LogP contribution in [0.15, 0.2) is 0 Å². The first kappa shape index (κ1) is 21.1. The van der Waals surface area contributed by atoms with Gasteiger partial charge in [-0.05, 0) is 24.7 Å². The maximum absolute atomic E-state index is 12.7. The Morgan fingerprint density at radius 3 is 1.81 bits per heavy atom. The summed E-state index contributed by atoms with van der Waals surface area (Å²) in [6, 6.07) is 0. The van der Waals surface area contributed by atoms with E-state index in [1.165, 1.54) is 0 Å². The van der Waals surface area contributed by atoms with Gasteiger partial charge in [0, 0.05) is 39.3 Å². The smallest absolute Gasteiger partial charge is 0.282 e. The van der Waals surface area contributed by atoms with Crippen molar-refractivity contribution in [2.24, 2.45) is 11.8 Å². The van der Waals surface area contributed by atoms with Crippen LogP contribution in [0.25, 0.3) is 0 Å². The number of nitrogens with one attached hydrogen (secondary N) is 1.